The summed E-state index contributed by atoms with van der Waals surface area (Å²) in [6, 6.07) is 11.8. The number of nitrogen functional groups attached to an aromatic ring is 1. The highest BCUT2D eigenvalue weighted by Gasteiger charge is 2.52. The lowest BCUT2D eigenvalue weighted by atomic mass is 9.78. The monoisotopic (exact) mass is 375 g/mol. The number of carbonyl (C=O) groups excluding carboxylic acids is 1. The van der Waals surface area contributed by atoms with Gasteiger partial charge in [-0.05, 0) is 31.0 Å². The predicted octanol–water partition coefficient (Wildman–Crippen LogP) is 3.75. The fourth-order valence-corrected chi connectivity index (χ4v) is 4.53. The molecule has 0 saturated carbocycles. The summed E-state index contributed by atoms with van der Waals surface area (Å²) in [5.74, 6) is -0.338. The molecule has 2 N–H and O–H groups in total. The van der Waals surface area contributed by atoms with Gasteiger partial charge < -0.3 is 19.9 Å². The zero-order valence-electron chi connectivity index (χ0n) is 16.9. The molecule has 1 unspecified atom stereocenters. The number of rotatable bonds is 3. The molecule has 1 aliphatic heterocycles. The molecule has 1 atom stereocenters. The summed E-state index contributed by atoms with van der Waals surface area (Å²) in [6.45, 7) is 3.97. The van der Waals surface area contributed by atoms with Crippen molar-refractivity contribution < 1.29 is 9.53 Å². The normalized spacial score (nSPS) is 18.1. The smallest absolute Gasteiger partial charge is 0.340 e. The summed E-state index contributed by atoms with van der Waals surface area (Å²) in [6.07, 6.45) is 3.94. The quantitative estimate of drug-likeness (QED) is 0.559. The van der Waals surface area contributed by atoms with E-state index in [1.165, 1.54) is 0 Å². The molecule has 3 aromatic rings. The average molecular weight is 375 g/mol. The summed E-state index contributed by atoms with van der Waals surface area (Å²) in [5, 5.41) is 0. The predicted molar refractivity (Wildman–Crippen MR) is 112 cm³/mol. The van der Waals surface area contributed by atoms with Gasteiger partial charge in [-0.25, -0.2) is 4.79 Å². The Morgan fingerprint density at radius 3 is 2.29 bits per heavy atom. The molecule has 0 bridgehead atoms. The lowest BCUT2D eigenvalue weighted by molar-refractivity contribution is 0.0252. The van der Waals surface area contributed by atoms with Gasteiger partial charge in [0, 0.05) is 61.6 Å². The molecule has 2 aromatic carbocycles. The lowest BCUT2D eigenvalue weighted by Gasteiger charge is -2.31. The van der Waals surface area contributed by atoms with Crippen molar-refractivity contribution in [3.8, 4) is 0 Å². The maximum Gasteiger partial charge on any atom is 0.340 e. The van der Waals surface area contributed by atoms with Crippen molar-refractivity contribution in [2.45, 2.75) is 19.4 Å². The van der Waals surface area contributed by atoms with Crippen LogP contribution in [0.1, 0.15) is 38.2 Å². The highest BCUT2D eigenvalue weighted by Crippen LogP contribution is 2.52. The lowest BCUT2D eigenvalue weighted by Crippen LogP contribution is -2.30. The number of aryl methyl sites for hydroxylation is 1. The van der Waals surface area contributed by atoms with E-state index in [4.69, 9.17) is 10.5 Å². The molecule has 0 aliphatic carbocycles. The molecule has 0 fully saturated rings. The van der Waals surface area contributed by atoms with Gasteiger partial charge in [-0.3, -0.25) is 0 Å². The Labute approximate surface area is 165 Å². The van der Waals surface area contributed by atoms with E-state index < -0.39 is 5.60 Å². The number of hydrogen-bond donors (Lipinski definition) is 1. The van der Waals surface area contributed by atoms with Crippen LogP contribution in [0.15, 0.2) is 48.8 Å². The second kappa shape index (κ2) is 6.16. The molecule has 0 saturated heterocycles. The number of hydrogen-bond acceptors (Lipinski definition) is 4. The number of fused-ring (bicyclic) bond motifs is 1. The van der Waals surface area contributed by atoms with Crippen LogP contribution in [-0.4, -0.2) is 24.6 Å². The van der Waals surface area contributed by atoms with Gasteiger partial charge in [0.15, 0.2) is 5.60 Å². The number of esters is 1. The molecule has 0 radical (unpaired) electrons. The van der Waals surface area contributed by atoms with Crippen LogP contribution >= 0.6 is 0 Å². The molecule has 1 aromatic heterocycles. The van der Waals surface area contributed by atoms with E-state index in [-0.39, 0.29) is 5.97 Å². The van der Waals surface area contributed by atoms with Crippen LogP contribution in [-0.2, 0) is 17.4 Å². The Balaban J connectivity index is 2.16. The number of cyclic esters (lactones) is 1. The highest BCUT2D eigenvalue weighted by atomic mass is 16.6. The average Bonchev–Trinajstić information content (AvgIpc) is 3.22. The van der Waals surface area contributed by atoms with Crippen molar-refractivity contribution in [1.29, 1.82) is 0 Å². The Morgan fingerprint density at radius 2 is 1.71 bits per heavy atom. The molecular weight excluding hydrogens is 350 g/mol. The molecule has 5 nitrogen and oxygen atoms in total. The Morgan fingerprint density at radius 1 is 1.04 bits per heavy atom. The molecule has 1 aliphatic rings. The summed E-state index contributed by atoms with van der Waals surface area (Å²) < 4.78 is 8.16. The maximum absolute atomic E-state index is 13.2. The van der Waals surface area contributed by atoms with Crippen molar-refractivity contribution in [3.63, 3.8) is 0 Å². The van der Waals surface area contributed by atoms with E-state index >= 15 is 0 Å². The zero-order valence-corrected chi connectivity index (χ0v) is 16.9. The fourth-order valence-electron chi connectivity index (χ4n) is 4.53. The van der Waals surface area contributed by atoms with Crippen molar-refractivity contribution >= 4 is 17.3 Å². The minimum Gasteiger partial charge on any atom is -0.440 e. The molecule has 5 heteroatoms. The topological polar surface area (TPSA) is 60.5 Å². The highest BCUT2D eigenvalue weighted by molar-refractivity contribution is 6.02. The summed E-state index contributed by atoms with van der Waals surface area (Å²) >= 11 is 0. The second-order valence-electron chi connectivity index (χ2n) is 7.66. The van der Waals surface area contributed by atoms with Gasteiger partial charge in [-0.2, -0.15) is 0 Å². The Bertz CT molecular complexity index is 1080. The van der Waals surface area contributed by atoms with Crippen molar-refractivity contribution in [3.05, 3.63) is 82.2 Å². The number of aromatic nitrogens is 1. The van der Waals surface area contributed by atoms with Gasteiger partial charge in [0.25, 0.3) is 0 Å². The number of ether oxygens (including phenoxy) is 1. The molecule has 0 amide bonds. The molecule has 28 heavy (non-hydrogen) atoms. The van der Waals surface area contributed by atoms with E-state index in [1.807, 2.05) is 93.2 Å². The van der Waals surface area contributed by atoms with Crippen molar-refractivity contribution in [2.24, 2.45) is 7.05 Å². The van der Waals surface area contributed by atoms with Crippen molar-refractivity contribution in [2.75, 3.05) is 24.7 Å². The third-order valence-corrected chi connectivity index (χ3v) is 5.68. The Hall–Kier alpha value is -3.21. The summed E-state index contributed by atoms with van der Waals surface area (Å²) in [7, 11) is 5.88. The minimum atomic E-state index is -1.06. The van der Waals surface area contributed by atoms with E-state index in [9.17, 15) is 4.79 Å². The molecule has 4 rings (SSSR count). The van der Waals surface area contributed by atoms with Gasteiger partial charge in [0.05, 0.1) is 5.56 Å². The van der Waals surface area contributed by atoms with Gasteiger partial charge >= 0.3 is 5.97 Å². The number of anilines is 2. The molecule has 0 spiro atoms. The zero-order chi connectivity index (χ0) is 20.2. The van der Waals surface area contributed by atoms with Crippen LogP contribution in [0.3, 0.4) is 0 Å². The van der Waals surface area contributed by atoms with E-state index in [0.717, 1.165) is 33.5 Å². The second-order valence-corrected chi connectivity index (χ2v) is 7.66. The number of nitrogens with zero attached hydrogens (tertiary/aromatic N) is 2. The third kappa shape index (κ3) is 2.29. The number of nitrogens with two attached hydrogens (primary N) is 1. The SMILES string of the molecule is Cc1c(N)c2c(c(C)c1N(C)C)C(=O)OC2(c1ccccc1)c1ccn(C)c1. The van der Waals surface area contributed by atoms with E-state index in [2.05, 4.69) is 0 Å². The first-order valence-corrected chi connectivity index (χ1v) is 9.30. The van der Waals surface area contributed by atoms with Crippen LogP contribution in [0.25, 0.3) is 0 Å². The van der Waals surface area contributed by atoms with Gasteiger partial charge in [-0.1, -0.05) is 30.3 Å². The first-order chi connectivity index (χ1) is 13.3. The molecular formula is C23H25N3O2. The van der Waals surface area contributed by atoms with Crippen molar-refractivity contribution in [1.82, 2.24) is 4.57 Å². The van der Waals surface area contributed by atoms with E-state index in [0.29, 0.717) is 11.3 Å². The first-order valence-electron chi connectivity index (χ1n) is 9.30. The number of benzene rings is 2. The molecule has 2 heterocycles. The van der Waals surface area contributed by atoms with Crippen LogP contribution < -0.4 is 10.6 Å². The standard InChI is InChI=1S/C23H25N3O2/c1-14-18-19(20(24)15(2)21(14)25(3)4)23(28-22(18)27,16-9-7-6-8-10-16)17-11-12-26(5)13-17/h6-13H,24H2,1-5H3. The van der Waals surface area contributed by atoms with Crippen LogP contribution in [0.2, 0.25) is 0 Å². The largest absolute Gasteiger partial charge is 0.440 e. The summed E-state index contributed by atoms with van der Waals surface area (Å²) in [4.78, 5) is 15.2. The minimum absolute atomic E-state index is 0.338. The maximum atomic E-state index is 13.2. The Kier molecular flexibility index (Phi) is 4.00. The number of carbonyl (C=O) groups is 1. The molecule has 144 valence electrons. The fraction of sp³-hybridized carbons (Fsp3) is 0.261. The van der Waals surface area contributed by atoms with Gasteiger partial charge in [-0.15, -0.1) is 0 Å². The summed E-state index contributed by atoms with van der Waals surface area (Å²) in [5.41, 5.74) is 12.1. The van der Waals surface area contributed by atoms with Gasteiger partial charge in [0.1, 0.15) is 0 Å². The van der Waals surface area contributed by atoms with Gasteiger partial charge in [0.2, 0.25) is 0 Å². The first kappa shape index (κ1) is 18.2. The van der Waals surface area contributed by atoms with E-state index in [1.54, 1.807) is 0 Å². The van der Waals surface area contributed by atoms with Crippen LogP contribution in [0.5, 0.6) is 0 Å². The van der Waals surface area contributed by atoms with Crippen LogP contribution in [0, 0.1) is 13.8 Å². The van der Waals surface area contributed by atoms with Crippen LogP contribution in [0.4, 0.5) is 11.4 Å². The third-order valence-electron chi connectivity index (χ3n) is 5.68.